The fourth-order valence-corrected chi connectivity index (χ4v) is 4.51. The third-order valence-corrected chi connectivity index (χ3v) is 4.11. The lowest BCUT2D eigenvalue weighted by Crippen LogP contribution is -2.62. The van der Waals surface area contributed by atoms with Crippen LogP contribution in [0.1, 0.15) is 60.5 Å². The molecular formula is C12H22ClN. The first-order valence-corrected chi connectivity index (χ1v) is 5.20. The smallest absolute Gasteiger partial charge is 0.0236 e. The molecule has 4 atom stereocenters. The van der Waals surface area contributed by atoms with Crippen molar-refractivity contribution in [3.8, 4) is 0 Å². The van der Waals surface area contributed by atoms with Gasteiger partial charge in [0.2, 0.25) is 0 Å². The molecule has 0 heterocycles. The number of hydrogen-bond donors (Lipinski definition) is 1. The van der Waals surface area contributed by atoms with Crippen molar-refractivity contribution in [1.29, 1.82) is 0 Å². The minimum absolute atomic E-state index is 0. The Bertz CT molecular complexity index is 387. The van der Waals surface area contributed by atoms with Crippen LogP contribution in [0.5, 0.6) is 0 Å². The van der Waals surface area contributed by atoms with Crippen molar-refractivity contribution < 1.29 is 8.22 Å². The van der Waals surface area contributed by atoms with Crippen molar-refractivity contribution in [2.24, 2.45) is 22.5 Å². The summed E-state index contributed by atoms with van der Waals surface area (Å²) in [5, 5.41) is 0. The predicted molar refractivity (Wildman–Crippen MR) is 61.6 cm³/mol. The molecule has 1 nitrogen and oxygen atoms in total. The molecule has 0 aromatic heterocycles. The van der Waals surface area contributed by atoms with Gasteiger partial charge in [0.1, 0.15) is 0 Å². The Morgan fingerprint density at radius 3 is 2.07 bits per heavy atom. The zero-order valence-electron chi connectivity index (χ0n) is 14.3. The monoisotopic (exact) mass is 221 g/mol. The molecule has 4 aliphatic carbocycles. The molecule has 0 radical (unpaired) electrons. The molecule has 4 bridgehead atoms. The molecule has 14 heavy (non-hydrogen) atoms. The summed E-state index contributed by atoms with van der Waals surface area (Å²) in [5.41, 5.74) is 4.07. The molecule has 2 unspecified atom stereocenters. The van der Waals surface area contributed by atoms with E-state index >= 15 is 0 Å². The molecule has 4 saturated carbocycles. The summed E-state index contributed by atoms with van der Waals surface area (Å²) in [5.74, 6) is 0.169. The van der Waals surface area contributed by atoms with Gasteiger partial charge < -0.3 is 5.73 Å². The first kappa shape index (κ1) is 5.54. The maximum Gasteiger partial charge on any atom is 0.0236 e. The second-order valence-electron chi connectivity index (χ2n) is 5.93. The second-order valence-corrected chi connectivity index (χ2v) is 5.93. The third kappa shape index (κ3) is 1.40. The van der Waals surface area contributed by atoms with Crippen molar-refractivity contribution in [3.05, 3.63) is 0 Å². The van der Waals surface area contributed by atoms with Gasteiger partial charge in [-0.25, -0.2) is 0 Å². The Hall–Kier alpha value is 0.250. The van der Waals surface area contributed by atoms with Gasteiger partial charge in [-0.2, -0.15) is 0 Å². The van der Waals surface area contributed by atoms with Crippen LogP contribution in [0.4, 0.5) is 0 Å². The van der Waals surface area contributed by atoms with Crippen molar-refractivity contribution in [1.82, 2.24) is 0 Å². The first-order chi connectivity index (χ1) is 8.41. The van der Waals surface area contributed by atoms with Crippen LogP contribution in [-0.2, 0) is 0 Å². The molecule has 0 aliphatic heterocycles. The fraction of sp³-hybridized carbons (Fsp3) is 1.00. The van der Waals surface area contributed by atoms with E-state index in [1.165, 1.54) is 0 Å². The molecule has 0 spiro atoms. The first-order valence-electron chi connectivity index (χ1n) is 8.20. The quantitative estimate of drug-likeness (QED) is 0.669. The molecule has 0 amide bonds. The molecule has 4 aliphatic rings. The van der Waals surface area contributed by atoms with E-state index in [1.54, 1.807) is 0 Å². The van der Waals surface area contributed by atoms with Gasteiger partial charge in [0, 0.05) is 13.8 Å². The zero-order chi connectivity index (χ0) is 14.3. The van der Waals surface area contributed by atoms with Gasteiger partial charge >= 0.3 is 0 Å². The number of nitrogens with two attached hydrogens (primary N) is 1. The van der Waals surface area contributed by atoms with Gasteiger partial charge in [0.15, 0.2) is 0 Å². The third-order valence-electron chi connectivity index (χ3n) is 4.11. The van der Waals surface area contributed by atoms with E-state index in [4.69, 9.17) is 14.0 Å². The molecule has 4 fully saturated rings. The molecule has 2 N–H and O–H groups in total. The van der Waals surface area contributed by atoms with Crippen LogP contribution in [0, 0.1) is 16.7 Å². The minimum atomic E-state index is -2.10. The highest BCUT2D eigenvalue weighted by molar-refractivity contribution is 5.85. The largest absolute Gasteiger partial charge is 0.325 e. The van der Waals surface area contributed by atoms with Crippen molar-refractivity contribution in [3.63, 3.8) is 0 Å². The van der Waals surface area contributed by atoms with Crippen LogP contribution in [0.25, 0.3) is 0 Å². The molecule has 0 saturated heterocycles. The second kappa shape index (κ2) is 2.68. The summed E-state index contributed by atoms with van der Waals surface area (Å²) in [6.45, 7) is -4.21. The SMILES string of the molecule is Cl.[2H]C([2H])([2H])[C@@]12CC3CC(N)(C1)C[C@](C([2H])([2H])[2H])(C3)C2. The summed E-state index contributed by atoms with van der Waals surface area (Å²) < 4.78 is 47.3. The van der Waals surface area contributed by atoms with Crippen LogP contribution >= 0.6 is 12.4 Å². The van der Waals surface area contributed by atoms with Crippen LogP contribution in [0.2, 0.25) is 0 Å². The summed E-state index contributed by atoms with van der Waals surface area (Å²) in [7, 11) is 0. The maximum absolute atomic E-state index is 7.88. The lowest BCUT2D eigenvalue weighted by atomic mass is 9.43. The summed E-state index contributed by atoms with van der Waals surface area (Å²) in [6, 6.07) is 0. The summed E-state index contributed by atoms with van der Waals surface area (Å²) in [6.07, 6.45) is 3.27. The highest BCUT2D eigenvalue weighted by Gasteiger charge is 2.58. The van der Waals surface area contributed by atoms with Crippen molar-refractivity contribution >= 4 is 12.4 Å². The fourth-order valence-electron chi connectivity index (χ4n) is 4.51. The van der Waals surface area contributed by atoms with Gasteiger partial charge in [-0.15, -0.1) is 12.4 Å². The van der Waals surface area contributed by atoms with Crippen molar-refractivity contribution in [2.45, 2.75) is 57.8 Å². The van der Waals surface area contributed by atoms with E-state index in [9.17, 15) is 0 Å². The summed E-state index contributed by atoms with van der Waals surface area (Å²) in [4.78, 5) is 0. The van der Waals surface area contributed by atoms with E-state index in [-0.39, 0.29) is 18.3 Å². The molecule has 0 aromatic rings. The topological polar surface area (TPSA) is 26.0 Å². The lowest BCUT2D eigenvalue weighted by Gasteiger charge is -2.64. The van der Waals surface area contributed by atoms with E-state index in [2.05, 4.69) is 0 Å². The van der Waals surface area contributed by atoms with Gasteiger partial charge in [-0.05, 0) is 55.3 Å². The Kier molecular flexibility index (Phi) is 1.06. The average Bonchev–Trinajstić information content (AvgIpc) is 2.09. The molecule has 82 valence electrons. The van der Waals surface area contributed by atoms with Crippen molar-refractivity contribution in [2.75, 3.05) is 0 Å². The van der Waals surface area contributed by atoms with E-state index in [1.807, 2.05) is 0 Å². The number of hydrogen-bond acceptors (Lipinski definition) is 1. The maximum atomic E-state index is 7.88. The van der Waals surface area contributed by atoms with Crippen LogP contribution < -0.4 is 5.73 Å². The highest BCUT2D eigenvalue weighted by atomic mass is 35.5. The number of halogens is 1. The predicted octanol–water partition coefficient (Wildman–Crippen LogP) is 3.12. The van der Waals surface area contributed by atoms with Gasteiger partial charge in [-0.1, -0.05) is 13.7 Å². The summed E-state index contributed by atoms with van der Waals surface area (Å²) >= 11 is 0. The average molecular weight is 222 g/mol. The molecule has 2 heteroatoms. The normalized spacial score (nSPS) is 67.9. The number of rotatable bonds is 0. The lowest BCUT2D eigenvalue weighted by molar-refractivity contribution is -0.104. The van der Waals surface area contributed by atoms with E-state index in [0.717, 1.165) is 6.42 Å². The van der Waals surface area contributed by atoms with Gasteiger partial charge in [0.25, 0.3) is 0 Å². The minimum Gasteiger partial charge on any atom is -0.325 e. The Morgan fingerprint density at radius 1 is 1.07 bits per heavy atom. The van der Waals surface area contributed by atoms with E-state index < -0.39 is 30.1 Å². The van der Waals surface area contributed by atoms with Gasteiger partial charge in [-0.3, -0.25) is 0 Å². The van der Waals surface area contributed by atoms with Crippen LogP contribution in [0.15, 0.2) is 0 Å². The highest BCUT2D eigenvalue weighted by Crippen LogP contribution is 2.65. The van der Waals surface area contributed by atoms with Gasteiger partial charge in [0.05, 0.1) is 0 Å². The standard InChI is InChI=1S/C12H21N.ClH/c1-10-3-9-4-11(2,6-10)8-12(13,5-9)7-10;/h9H,3-8,13H2,1-2H3;1H/t9?,10-,11+,12?;/i1D3,2D3;. The van der Waals surface area contributed by atoms with E-state index in [0.29, 0.717) is 32.1 Å². The molecular weight excluding hydrogens is 194 g/mol. The molecule has 4 rings (SSSR count). The Balaban J connectivity index is 0.00000147. The Labute approximate surface area is 102 Å². The molecule has 0 aromatic carbocycles. The Morgan fingerprint density at radius 2 is 1.64 bits per heavy atom. The van der Waals surface area contributed by atoms with Crippen LogP contribution in [0.3, 0.4) is 0 Å². The van der Waals surface area contributed by atoms with Crippen LogP contribution in [-0.4, -0.2) is 5.54 Å². The zero-order valence-corrected chi connectivity index (χ0v) is 9.12.